The molecule has 2 aromatic carbocycles. The Kier molecular flexibility index (Phi) is 3.10. The summed E-state index contributed by atoms with van der Waals surface area (Å²) in [7, 11) is 0. The number of benzene rings is 2. The van der Waals surface area contributed by atoms with Crippen molar-refractivity contribution in [3.8, 4) is 17.1 Å². The second-order valence-electron chi connectivity index (χ2n) is 4.30. The fourth-order valence-corrected chi connectivity index (χ4v) is 2.07. The van der Waals surface area contributed by atoms with Crippen LogP contribution >= 0.6 is 0 Å². The summed E-state index contributed by atoms with van der Waals surface area (Å²) in [6.45, 7) is 1.88. The number of aromatic nitrogens is 2. The van der Waals surface area contributed by atoms with Crippen LogP contribution in [0.4, 0.5) is 8.78 Å². The Balaban J connectivity index is 2.10. The van der Waals surface area contributed by atoms with E-state index in [4.69, 9.17) is 4.74 Å². The largest absolute Gasteiger partial charge is 0.488 e. The van der Waals surface area contributed by atoms with Gasteiger partial charge in [0.25, 0.3) is 0 Å². The first kappa shape index (κ1) is 12.6. The molecular formula is C15H12F2N2O. The van der Waals surface area contributed by atoms with E-state index >= 15 is 0 Å². The standard InChI is InChI=1S/C15H12F2N2O/c1-2-20-14-10(16)7-9(8-11(14)17)15-18-12-5-3-4-6-13(12)19-15/h3-8H,2H2,1H3,(H,18,19). The normalized spacial score (nSPS) is 10.9. The second-order valence-corrected chi connectivity index (χ2v) is 4.30. The first-order valence-corrected chi connectivity index (χ1v) is 6.26. The summed E-state index contributed by atoms with van der Waals surface area (Å²) in [5.74, 6) is -1.40. The van der Waals surface area contributed by atoms with Gasteiger partial charge in [0.15, 0.2) is 17.4 Å². The van der Waals surface area contributed by atoms with Crippen LogP contribution < -0.4 is 4.74 Å². The number of halogens is 2. The number of rotatable bonds is 3. The molecule has 0 radical (unpaired) electrons. The summed E-state index contributed by atoms with van der Waals surface area (Å²) in [6, 6.07) is 9.83. The molecule has 0 bridgehead atoms. The molecule has 3 rings (SSSR count). The Morgan fingerprint density at radius 1 is 1.15 bits per heavy atom. The average Bonchev–Trinajstić information content (AvgIpc) is 2.86. The van der Waals surface area contributed by atoms with Gasteiger partial charge in [-0.25, -0.2) is 13.8 Å². The molecule has 0 unspecified atom stereocenters. The Morgan fingerprint density at radius 3 is 2.50 bits per heavy atom. The number of nitrogens with one attached hydrogen (secondary N) is 1. The molecule has 0 spiro atoms. The number of para-hydroxylation sites is 2. The highest BCUT2D eigenvalue weighted by Crippen LogP contribution is 2.28. The quantitative estimate of drug-likeness (QED) is 0.786. The molecule has 0 aliphatic rings. The van der Waals surface area contributed by atoms with Gasteiger partial charge in [-0.3, -0.25) is 0 Å². The van der Waals surface area contributed by atoms with E-state index in [2.05, 4.69) is 9.97 Å². The molecule has 0 amide bonds. The molecule has 20 heavy (non-hydrogen) atoms. The van der Waals surface area contributed by atoms with Crippen molar-refractivity contribution in [1.29, 1.82) is 0 Å². The molecule has 1 aromatic heterocycles. The SMILES string of the molecule is CCOc1c(F)cc(-c2nc3ccccc3[nH]2)cc1F. The minimum absolute atomic E-state index is 0.206. The maximum atomic E-state index is 13.8. The van der Waals surface area contributed by atoms with Crippen LogP contribution in [0.1, 0.15) is 6.92 Å². The van der Waals surface area contributed by atoms with Gasteiger partial charge in [-0.05, 0) is 31.2 Å². The van der Waals surface area contributed by atoms with Crippen molar-refractivity contribution >= 4 is 11.0 Å². The zero-order valence-corrected chi connectivity index (χ0v) is 10.8. The van der Waals surface area contributed by atoms with E-state index in [0.29, 0.717) is 11.4 Å². The molecule has 1 N–H and O–H groups in total. The van der Waals surface area contributed by atoms with Crippen molar-refractivity contribution in [2.75, 3.05) is 6.61 Å². The highest BCUT2D eigenvalue weighted by Gasteiger charge is 2.15. The minimum Gasteiger partial charge on any atom is -0.488 e. The lowest BCUT2D eigenvalue weighted by molar-refractivity contribution is 0.303. The van der Waals surface area contributed by atoms with E-state index in [9.17, 15) is 8.78 Å². The Morgan fingerprint density at radius 2 is 1.85 bits per heavy atom. The van der Waals surface area contributed by atoms with Crippen LogP contribution in [0.3, 0.4) is 0 Å². The molecule has 0 saturated carbocycles. The lowest BCUT2D eigenvalue weighted by atomic mass is 10.2. The zero-order valence-electron chi connectivity index (χ0n) is 10.8. The van der Waals surface area contributed by atoms with Crippen LogP contribution in [0, 0.1) is 11.6 Å². The third-order valence-corrected chi connectivity index (χ3v) is 2.95. The molecule has 0 saturated heterocycles. The second kappa shape index (κ2) is 4.92. The van der Waals surface area contributed by atoms with Crippen LogP contribution in [0.2, 0.25) is 0 Å². The molecule has 0 fully saturated rings. The number of imidazole rings is 1. The summed E-state index contributed by atoms with van der Waals surface area (Å²) in [5, 5.41) is 0. The predicted octanol–water partition coefficient (Wildman–Crippen LogP) is 3.91. The Labute approximate surface area is 114 Å². The number of hydrogen-bond donors (Lipinski definition) is 1. The van der Waals surface area contributed by atoms with Gasteiger partial charge < -0.3 is 9.72 Å². The first-order chi connectivity index (χ1) is 9.69. The Hall–Kier alpha value is -2.43. The van der Waals surface area contributed by atoms with E-state index in [-0.39, 0.29) is 12.4 Å². The summed E-state index contributed by atoms with van der Waals surface area (Å²) < 4.78 is 32.6. The zero-order chi connectivity index (χ0) is 14.1. The number of ether oxygens (including phenoxy) is 1. The highest BCUT2D eigenvalue weighted by molar-refractivity contribution is 5.79. The van der Waals surface area contributed by atoms with Crippen molar-refractivity contribution in [2.45, 2.75) is 6.92 Å². The van der Waals surface area contributed by atoms with E-state index in [0.717, 1.165) is 11.0 Å². The average molecular weight is 274 g/mol. The van der Waals surface area contributed by atoms with Gasteiger partial charge in [0.05, 0.1) is 17.6 Å². The smallest absolute Gasteiger partial charge is 0.190 e. The van der Waals surface area contributed by atoms with Gasteiger partial charge in [-0.1, -0.05) is 12.1 Å². The maximum Gasteiger partial charge on any atom is 0.190 e. The van der Waals surface area contributed by atoms with Gasteiger partial charge in [-0.2, -0.15) is 0 Å². The Bertz CT molecular complexity index is 711. The third kappa shape index (κ3) is 2.11. The van der Waals surface area contributed by atoms with Gasteiger partial charge in [0.1, 0.15) is 5.82 Å². The lowest BCUT2D eigenvalue weighted by Crippen LogP contribution is -1.98. The number of fused-ring (bicyclic) bond motifs is 1. The molecule has 5 heteroatoms. The van der Waals surface area contributed by atoms with Gasteiger partial charge in [-0.15, -0.1) is 0 Å². The summed E-state index contributed by atoms with van der Waals surface area (Å²) in [6.07, 6.45) is 0. The number of nitrogens with zero attached hydrogens (tertiary/aromatic N) is 1. The molecule has 0 aliphatic heterocycles. The van der Waals surface area contributed by atoms with Crippen LogP contribution in [0.5, 0.6) is 5.75 Å². The van der Waals surface area contributed by atoms with Crippen molar-refractivity contribution in [2.24, 2.45) is 0 Å². The number of H-pyrrole nitrogens is 1. The molecule has 0 atom stereocenters. The fraction of sp³-hybridized carbons (Fsp3) is 0.133. The van der Waals surface area contributed by atoms with Crippen LogP contribution in [0.25, 0.3) is 22.4 Å². The predicted molar refractivity (Wildman–Crippen MR) is 72.6 cm³/mol. The van der Waals surface area contributed by atoms with E-state index in [1.54, 1.807) is 6.92 Å². The van der Waals surface area contributed by atoms with Crippen molar-refractivity contribution < 1.29 is 13.5 Å². The molecule has 0 aliphatic carbocycles. The minimum atomic E-state index is -0.734. The number of aromatic amines is 1. The molecular weight excluding hydrogens is 262 g/mol. The third-order valence-electron chi connectivity index (χ3n) is 2.95. The van der Waals surface area contributed by atoms with Gasteiger partial charge in [0, 0.05) is 5.56 Å². The van der Waals surface area contributed by atoms with Crippen LogP contribution in [-0.4, -0.2) is 16.6 Å². The van der Waals surface area contributed by atoms with Crippen molar-refractivity contribution in [3.05, 3.63) is 48.0 Å². The van der Waals surface area contributed by atoms with E-state index < -0.39 is 11.6 Å². The van der Waals surface area contributed by atoms with Gasteiger partial charge >= 0.3 is 0 Å². The lowest BCUT2D eigenvalue weighted by Gasteiger charge is -2.07. The molecule has 3 nitrogen and oxygen atoms in total. The van der Waals surface area contributed by atoms with E-state index in [1.165, 1.54) is 12.1 Å². The van der Waals surface area contributed by atoms with Gasteiger partial charge in [0.2, 0.25) is 0 Å². The van der Waals surface area contributed by atoms with Crippen molar-refractivity contribution in [1.82, 2.24) is 9.97 Å². The summed E-state index contributed by atoms with van der Waals surface area (Å²) >= 11 is 0. The summed E-state index contributed by atoms with van der Waals surface area (Å²) in [5.41, 5.74) is 1.91. The monoisotopic (exact) mass is 274 g/mol. The van der Waals surface area contributed by atoms with E-state index in [1.807, 2.05) is 24.3 Å². The topological polar surface area (TPSA) is 37.9 Å². The molecule has 102 valence electrons. The summed E-state index contributed by atoms with van der Waals surface area (Å²) in [4.78, 5) is 7.34. The van der Waals surface area contributed by atoms with Crippen LogP contribution in [0.15, 0.2) is 36.4 Å². The fourth-order valence-electron chi connectivity index (χ4n) is 2.07. The number of hydrogen-bond acceptors (Lipinski definition) is 2. The first-order valence-electron chi connectivity index (χ1n) is 6.26. The molecule has 1 heterocycles. The molecule has 3 aromatic rings. The van der Waals surface area contributed by atoms with Crippen molar-refractivity contribution in [3.63, 3.8) is 0 Å². The maximum absolute atomic E-state index is 13.8. The van der Waals surface area contributed by atoms with Crippen LogP contribution in [-0.2, 0) is 0 Å². The highest BCUT2D eigenvalue weighted by atomic mass is 19.1.